The molecule has 196 valence electrons. The van der Waals surface area contributed by atoms with Crippen LogP contribution in [-0.4, -0.2) is 42.5 Å². The van der Waals surface area contributed by atoms with E-state index in [4.69, 9.17) is 18.9 Å². The molecule has 2 aliphatic rings. The average molecular weight is 514 g/mol. The molecule has 1 saturated heterocycles. The van der Waals surface area contributed by atoms with Crippen LogP contribution in [0.3, 0.4) is 0 Å². The van der Waals surface area contributed by atoms with Crippen LogP contribution in [0, 0.1) is 11.8 Å². The number of carboxylic acid groups (broad SMARTS) is 1. The van der Waals surface area contributed by atoms with Crippen LogP contribution >= 0.6 is 0 Å². The zero-order valence-corrected chi connectivity index (χ0v) is 21.6. The maximum atomic E-state index is 11.2. The molecular formula is C31H31NO6. The van der Waals surface area contributed by atoms with Gasteiger partial charge >= 0.3 is 5.97 Å². The average Bonchev–Trinajstić information content (AvgIpc) is 3.59. The Labute approximate surface area is 222 Å². The summed E-state index contributed by atoms with van der Waals surface area (Å²) in [4.78, 5) is 15.8. The molecule has 1 aromatic heterocycles. The Morgan fingerprint density at radius 2 is 1.97 bits per heavy atom. The molecule has 0 spiro atoms. The first kappa shape index (κ1) is 25.6. The van der Waals surface area contributed by atoms with E-state index in [0.717, 1.165) is 59.6 Å². The lowest BCUT2D eigenvalue weighted by atomic mass is 9.96. The largest absolute Gasteiger partial charge is 0.496 e. The predicted octanol–water partition coefficient (Wildman–Crippen LogP) is 5.57. The first-order valence-corrected chi connectivity index (χ1v) is 12.9. The lowest BCUT2D eigenvalue weighted by molar-refractivity contribution is -0.137. The van der Waals surface area contributed by atoms with Gasteiger partial charge in [0.05, 0.1) is 32.7 Å². The molecule has 38 heavy (non-hydrogen) atoms. The highest BCUT2D eigenvalue weighted by atomic mass is 16.5. The third kappa shape index (κ3) is 5.61. The number of pyridine rings is 1. The number of carboxylic acids is 1. The highest BCUT2D eigenvalue weighted by Crippen LogP contribution is 2.44. The summed E-state index contributed by atoms with van der Waals surface area (Å²) in [6, 6.07) is 15.6. The van der Waals surface area contributed by atoms with Crippen molar-refractivity contribution in [2.24, 2.45) is 0 Å². The molecule has 1 N–H and O–H groups in total. The second kappa shape index (κ2) is 11.6. The van der Waals surface area contributed by atoms with Gasteiger partial charge in [0.15, 0.2) is 0 Å². The van der Waals surface area contributed by atoms with Crippen LogP contribution in [-0.2, 0) is 16.0 Å². The van der Waals surface area contributed by atoms with Crippen LogP contribution in [0.2, 0.25) is 0 Å². The Bertz CT molecular complexity index is 1330. The summed E-state index contributed by atoms with van der Waals surface area (Å²) < 4.78 is 23.4. The fourth-order valence-corrected chi connectivity index (χ4v) is 5.17. The molecule has 0 saturated carbocycles. The van der Waals surface area contributed by atoms with E-state index in [1.807, 2.05) is 48.7 Å². The topological polar surface area (TPSA) is 87.1 Å². The van der Waals surface area contributed by atoms with Gasteiger partial charge in [0.25, 0.3) is 0 Å². The van der Waals surface area contributed by atoms with Crippen molar-refractivity contribution in [2.45, 2.75) is 50.7 Å². The molecule has 0 bridgehead atoms. The quantitative estimate of drug-likeness (QED) is 0.374. The van der Waals surface area contributed by atoms with E-state index >= 15 is 0 Å². The van der Waals surface area contributed by atoms with Crippen molar-refractivity contribution in [1.82, 2.24) is 4.98 Å². The van der Waals surface area contributed by atoms with E-state index in [1.54, 1.807) is 14.0 Å². The van der Waals surface area contributed by atoms with Crippen molar-refractivity contribution in [1.29, 1.82) is 0 Å². The first-order valence-electron chi connectivity index (χ1n) is 12.9. The van der Waals surface area contributed by atoms with Gasteiger partial charge < -0.3 is 24.1 Å². The van der Waals surface area contributed by atoms with E-state index < -0.39 is 5.97 Å². The normalized spacial score (nSPS) is 18.7. The van der Waals surface area contributed by atoms with Crippen molar-refractivity contribution in [3.8, 4) is 40.3 Å². The van der Waals surface area contributed by atoms with Crippen molar-refractivity contribution < 1.29 is 28.8 Å². The molecule has 0 amide bonds. The molecule has 3 atom stereocenters. The van der Waals surface area contributed by atoms with Crippen LogP contribution in [0.5, 0.6) is 17.4 Å². The van der Waals surface area contributed by atoms with Crippen molar-refractivity contribution >= 4 is 5.97 Å². The molecule has 2 aromatic carbocycles. The first-order chi connectivity index (χ1) is 18.6. The van der Waals surface area contributed by atoms with E-state index in [-0.39, 0.29) is 24.5 Å². The third-order valence-corrected chi connectivity index (χ3v) is 6.99. The van der Waals surface area contributed by atoms with Gasteiger partial charge in [0, 0.05) is 29.8 Å². The molecule has 0 radical (unpaired) electrons. The Morgan fingerprint density at radius 3 is 2.63 bits per heavy atom. The van der Waals surface area contributed by atoms with E-state index in [2.05, 4.69) is 22.9 Å². The number of nitrogens with zero attached hydrogens (tertiary/aromatic N) is 1. The monoisotopic (exact) mass is 513 g/mol. The summed E-state index contributed by atoms with van der Waals surface area (Å²) >= 11 is 0. The zero-order valence-electron chi connectivity index (χ0n) is 21.6. The molecular weight excluding hydrogens is 482 g/mol. The third-order valence-electron chi connectivity index (χ3n) is 6.99. The zero-order chi connectivity index (χ0) is 26.5. The van der Waals surface area contributed by atoms with Gasteiger partial charge in [-0.3, -0.25) is 4.79 Å². The Balaban J connectivity index is 1.35. The number of hydrogen-bond acceptors (Lipinski definition) is 6. The number of fused-ring (bicyclic) bond motifs is 1. The molecule has 3 aromatic rings. The van der Waals surface area contributed by atoms with E-state index in [1.165, 1.54) is 5.56 Å². The second-order valence-electron chi connectivity index (χ2n) is 9.46. The molecule has 7 heteroatoms. The fourth-order valence-electron chi connectivity index (χ4n) is 5.17. The lowest BCUT2D eigenvalue weighted by Gasteiger charge is -2.18. The summed E-state index contributed by atoms with van der Waals surface area (Å²) in [5, 5.41) is 9.21. The van der Waals surface area contributed by atoms with Gasteiger partial charge in [-0.25, -0.2) is 4.98 Å². The minimum Gasteiger partial charge on any atom is -0.496 e. The van der Waals surface area contributed by atoms with Gasteiger partial charge in [0.1, 0.15) is 23.7 Å². The van der Waals surface area contributed by atoms with Gasteiger partial charge in [0.2, 0.25) is 5.88 Å². The summed E-state index contributed by atoms with van der Waals surface area (Å²) in [7, 11) is 1.68. The van der Waals surface area contributed by atoms with E-state index in [0.29, 0.717) is 12.5 Å². The number of carbonyl (C=O) groups is 1. The minimum absolute atomic E-state index is 0.0292. The maximum absolute atomic E-state index is 11.2. The summed E-state index contributed by atoms with van der Waals surface area (Å²) in [5.41, 5.74) is 5.21. The molecule has 2 heterocycles. The van der Waals surface area contributed by atoms with Crippen LogP contribution in [0.1, 0.15) is 54.9 Å². The van der Waals surface area contributed by atoms with E-state index in [9.17, 15) is 9.90 Å². The summed E-state index contributed by atoms with van der Waals surface area (Å²) in [6.45, 7) is 3.04. The smallest absolute Gasteiger partial charge is 0.304 e. The molecule has 1 fully saturated rings. The van der Waals surface area contributed by atoms with Gasteiger partial charge in [-0.05, 0) is 60.7 Å². The molecule has 2 unspecified atom stereocenters. The Morgan fingerprint density at radius 1 is 1.13 bits per heavy atom. The van der Waals surface area contributed by atoms with Crippen LogP contribution < -0.4 is 14.2 Å². The minimum atomic E-state index is -0.868. The molecule has 7 nitrogen and oxygen atoms in total. The molecule has 1 aliphatic heterocycles. The Kier molecular flexibility index (Phi) is 7.81. The molecule has 1 aliphatic carbocycles. The van der Waals surface area contributed by atoms with Gasteiger partial charge in [-0.2, -0.15) is 0 Å². The van der Waals surface area contributed by atoms with Crippen molar-refractivity contribution in [2.75, 3.05) is 20.3 Å². The number of benzene rings is 2. The number of hydrogen-bond donors (Lipinski definition) is 1. The molecule has 5 rings (SSSR count). The number of methoxy groups -OCH3 is 1. The fraction of sp³-hybridized carbons (Fsp3) is 0.355. The highest BCUT2D eigenvalue weighted by Gasteiger charge is 2.29. The summed E-state index contributed by atoms with van der Waals surface area (Å²) in [5.74, 6) is 6.74. The SMILES string of the molecule is CC#CC(CC(=O)O)c1ccc(O[C@@H]2CCc3c2ccc(OC)c3-c2ccc(OC3CCOC3)nc2)cc1. The van der Waals surface area contributed by atoms with Gasteiger partial charge in [-0.15, -0.1) is 5.92 Å². The highest BCUT2D eigenvalue weighted by molar-refractivity contribution is 5.76. The number of ether oxygens (including phenoxy) is 4. The predicted molar refractivity (Wildman–Crippen MR) is 143 cm³/mol. The van der Waals surface area contributed by atoms with Crippen molar-refractivity contribution in [3.05, 3.63) is 71.4 Å². The van der Waals surface area contributed by atoms with Crippen LogP contribution in [0.4, 0.5) is 0 Å². The maximum Gasteiger partial charge on any atom is 0.304 e. The van der Waals surface area contributed by atoms with Crippen LogP contribution in [0.25, 0.3) is 11.1 Å². The lowest BCUT2D eigenvalue weighted by Crippen LogP contribution is -2.16. The second-order valence-corrected chi connectivity index (χ2v) is 9.46. The number of aliphatic carboxylic acids is 1. The number of rotatable bonds is 9. The van der Waals surface area contributed by atoms with Crippen LogP contribution in [0.15, 0.2) is 54.7 Å². The van der Waals surface area contributed by atoms with Gasteiger partial charge in [-0.1, -0.05) is 24.1 Å². The number of aromatic nitrogens is 1. The Hall–Kier alpha value is -4.02. The summed E-state index contributed by atoms with van der Waals surface area (Å²) in [6.07, 6.45) is 4.35. The van der Waals surface area contributed by atoms with Crippen molar-refractivity contribution in [3.63, 3.8) is 0 Å². The standard InChI is InChI=1S/C31H31NO6/c1-3-4-21(17-30(33)34)20-5-8-23(9-6-20)37-27-12-11-26-25(27)10-13-28(35-2)31(26)22-7-14-29(32-18-22)38-24-15-16-36-19-24/h5-10,13-14,18,21,24,27H,11-12,15-17,19H2,1-2H3,(H,33,34)/t21?,24?,27-/m1/s1.